The maximum Gasteiger partial charge on any atom is 0.254 e. The number of likely N-dealkylation sites (tertiary alicyclic amines) is 1. The van der Waals surface area contributed by atoms with Crippen molar-refractivity contribution in [1.82, 2.24) is 9.80 Å². The van der Waals surface area contributed by atoms with Crippen molar-refractivity contribution in [2.24, 2.45) is 11.7 Å². The Hall–Kier alpha value is -2.11. The molecule has 0 aliphatic carbocycles. The lowest BCUT2D eigenvalue weighted by atomic mass is 9.94. The molecule has 0 radical (unpaired) electrons. The van der Waals surface area contributed by atoms with Gasteiger partial charge in [-0.2, -0.15) is 0 Å². The number of amides is 2. The minimum absolute atomic E-state index is 0. The summed E-state index contributed by atoms with van der Waals surface area (Å²) in [6.07, 6.45) is 1.41. The molecule has 0 saturated carbocycles. The molecule has 2 amide bonds. The Kier molecular flexibility index (Phi) is 7.22. The number of piperidine rings is 1. The molecule has 27 heavy (non-hydrogen) atoms. The molecule has 1 unspecified atom stereocenters. The molecule has 146 valence electrons. The summed E-state index contributed by atoms with van der Waals surface area (Å²) in [6, 6.07) is 13.8. The van der Waals surface area contributed by atoms with Gasteiger partial charge in [-0.25, -0.2) is 0 Å². The normalized spacial score (nSPS) is 15.9. The van der Waals surface area contributed by atoms with Crippen LogP contribution in [0.2, 0.25) is 0 Å². The second-order valence-electron chi connectivity index (χ2n) is 7.13. The largest absolute Gasteiger partial charge is 0.342 e. The Morgan fingerprint density at radius 2 is 1.78 bits per heavy atom. The number of likely N-dealkylation sites (N-methyl/N-ethyl adjacent to an activating group) is 1. The summed E-state index contributed by atoms with van der Waals surface area (Å²) in [5.41, 5.74) is 6.40. The molecule has 6 heteroatoms. The van der Waals surface area contributed by atoms with Gasteiger partial charge in [-0.3, -0.25) is 9.59 Å². The maximum atomic E-state index is 13.0. The summed E-state index contributed by atoms with van der Waals surface area (Å²) < 4.78 is 0. The van der Waals surface area contributed by atoms with E-state index in [0.29, 0.717) is 32.5 Å². The molecule has 0 aromatic heterocycles. The Bertz CT molecular complexity index is 798. The zero-order valence-electron chi connectivity index (χ0n) is 15.9. The number of carbonyl (C=O) groups is 2. The van der Waals surface area contributed by atoms with Gasteiger partial charge in [-0.1, -0.05) is 36.4 Å². The van der Waals surface area contributed by atoms with Gasteiger partial charge in [0.15, 0.2) is 0 Å². The van der Waals surface area contributed by atoms with Crippen molar-refractivity contribution in [3.05, 3.63) is 48.0 Å². The number of carbonyl (C=O) groups excluding carboxylic acids is 2. The van der Waals surface area contributed by atoms with Gasteiger partial charge in [0.1, 0.15) is 0 Å². The molecular formula is C21H28ClN3O2. The fraction of sp³-hybridized carbons (Fsp3) is 0.429. The van der Waals surface area contributed by atoms with E-state index in [0.717, 1.165) is 16.3 Å². The van der Waals surface area contributed by atoms with E-state index < -0.39 is 0 Å². The first-order valence-corrected chi connectivity index (χ1v) is 9.26. The quantitative estimate of drug-likeness (QED) is 0.874. The van der Waals surface area contributed by atoms with Gasteiger partial charge < -0.3 is 15.5 Å². The third-order valence-electron chi connectivity index (χ3n) is 5.50. The topological polar surface area (TPSA) is 66.6 Å². The number of hydrogen-bond donors (Lipinski definition) is 1. The van der Waals surface area contributed by atoms with Crippen LogP contribution in [-0.2, 0) is 4.79 Å². The Morgan fingerprint density at radius 3 is 2.44 bits per heavy atom. The van der Waals surface area contributed by atoms with E-state index in [2.05, 4.69) is 0 Å². The summed E-state index contributed by atoms with van der Waals surface area (Å²) in [5.74, 6) is 0.169. The van der Waals surface area contributed by atoms with Gasteiger partial charge in [0, 0.05) is 44.2 Å². The number of fused-ring (bicyclic) bond motifs is 1. The van der Waals surface area contributed by atoms with Crippen LogP contribution >= 0.6 is 12.4 Å². The number of hydrogen-bond acceptors (Lipinski definition) is 3. The Balaban J connectivity index is 0.00000261. The third-order valence-corrected chi connectivity index (χ3v) is 5.50. The van der Waals surface area contributed by atoms with Crippen LogP contribution in [0, 0.1) is 5.92 Å². The summed E-state index contributed by atoms with van der Waals surface area (Å²) in [5, 5.41) is 2.05. The highest BCUT2D eigenvalue weighted by molar-refractivity contribution is 6.07. The van der Waals surface area contributed by atoms with Crippen molar-refractivity contribution in [2.45, 2.75) is 25.8 Å². The van der Waals surface area contributed by atoms with E-state index in [-0.39, 0.29) is 36.2 Å². The molecule has 2 aromatic carbocycles. The first kappa shape index (κ1) is 21.2. The van der Waals surface area contributed by atoms with Crippen LogP contribution in [0.1, 0.15) is 30.1 Å². The molecular weight excluding hydrogens is 362 g/mol. The fourth-order valence-corrected chi connectivity index (χ4v) is 3.58. The van der Waals surface area contributed by atoms with Crippen LogP contribution in [0.5, 0.6) is 0 Å². The molecule has 1 heterocycles. The smallest absolute Gasteiger partial charge is 0.254 e. The van der Waals surface area contributed by atoms with Crippen LogP contribution in [0.15, 0.2) is 42.5 Å². The SMILES string of the molecule is CC(CN)N(C)C(=O)C1CCN(C(=O)c2cccc3ccccc23)CC1.Cl. The van der Waals surface area contributed by atoms with Gasteiger partial charge >= 0.3 is 0 Å². The van der Waals surface area contributed by atoms with Crippen molar-refractivity contribution in [3.8, 4) is 0 Å². The zero-order valence-corrected chi connectivity index (χ0v) is 16.7. The molecule has 0 bridgehead atoms. The third kappa shape index (κ3) is 4.42. The monoisotopic (exact) mass is 389 g/mol. The molecule has 1 aliphatic heterocycles. The molecule has 1 aliphatic rings. The van der Waals surface area contributed by atoms with Crippen LogP contribution in [0.4, 0.5) is 0 Å². The van der Waals surface area contributed by atoms with E-state index in [1.54, 1.807) is 4.90 Å². The van der Waals surface area contributed by atoms with Gasteiger partial charge in [-0.05, 0) is 36.6 Å². The second-order valence-corrected chi connectivity index (χ2v) is 7.13. The predicted molar refractivity (Wildman–Crippen MR) is 111 cm³/mol. The summed E-state index contributed by atoms with van der Waals surface area (Å²) in [4.78, 5) is 29.2. The van der Waals surface area contributed by atoms with Gasteiger partial charge in [-0.15, -0.1) is 12.4 Å². The molecule has 2 aromatic rings. The van der Waals surface area contributed by atoms with E-state index in [9.17, 15) is 9.59 Å². The standard InChI is InChI=1S/C21H27N3O2.ClH/c1-15(14-22)23(2)20(25)17-10-12-24(13-11-17)21(26)19-9-5-7-16-6-3-4-8-18(16)19;/h3-9,15,17H,10-14,22H2,1-2H3;1H. The lowest BCUT2D eigenvalue weighted by Crippen LogP contribution is -2.47. The predicted octanol–water partition coefficient (Wildman–Crippen LogP) is 2.92. The minimum Gasteiger partial charge on any atom is -0.342 e. The molecule has 1 fully saturated rings. The molecule has 0 spiro atoms. The van der Waals surface area contributed by atoms with E-state index in [1.165, 1.54) is 0 Å². The second kappa shape index (κ2) is 9.20. The highest BCUT2D eigenvalue weighted by Crippen LogP contribution is 2.24. The lowest BCUT2D eigenvalue weighted by molar-refractivity contribution is -0.137. The zero-order chi connectivity index (χ0) is 18.7. The lowest BCUT2D eigenvalue weighted by Gasteiger charge is -2.35. The fourth-order valence-electron chi connectivity index (χ4n) is 3.58. The van der Waals surface area contributed by atoms with Crippen LogP contribution in [0.25, 0.3) is 10.8 Å². The van der Waals surface area contributed by atoms with Gasteiger partial charge in [0.25, 0.3) is 5.91 Å². The first-order chi connectivity index (χ1) is 12.5. The first-order valence-electron chi connectivity index (χ1n) is 9.26. The van der Waals surface area contributed by atoms with Gasteiger partial charge in [0.05, 0.1) is 0 Å². The average molecular weight is 390 g/mol. The van der Waals surface area contributed by atoms with E-state index in [4.69, 9.17) is 5.73 Å². The number of benzene rings is 2. The minimum atomic E-state index is -0.0226. The number of nitrogens with zero attached hydrogens (tertiary/aromatic N) is 2. The van der Waals surface area contributed by atoms with Crippen molar-refractivity contribution in [1.29, 1.82) is 0 Å². The summed E-state index contributed by atoms with van der Waals surface area (Å²) >= 11 is 0. The number of nitrogens with two attached hydrogens (primary N) is 1. The van der Waals surface area contributed by atoms with Crippen LogP contribution in [-0.4, -0.2) is 54.3 Å². The van der Waals surface area contributed by atoms with E-state index >= 15 is 0 Å². The van der Waals surface area contributed by atoms with Crippen molar-refractivity contribution in [2.75, 3.05) is 26.7 Å². The van der Waals surface area contributed by atoms with Gasteiger partial charge in [0.2, 0.25) is 5.91 Å². The van der Waals surface area contributed by atoms with Crippen LogP contribution in [0.3, 0.4) is 0 Å². The molecule has 5 nitrogen and oxygen atoms in total. The molecule has 1 saturated heterocycles. The van der Waals surface area contributed by atoms with Crippen molar-refractivity contribution < 1.29 is 9.59 Å². The number of halogens is 1. The number of rotatable bonds is 4. The molecule has 3 rings (SSSR count). The average Bonchev–Trinajstić information content (AvgIpc) is 2.71. The Morgan fingerprint density at radius 1 is 1.15 bits per heavy atom. The van der Waals surface area contributed by atoms with Crippen molar-refractivity contribution in [3.63, 3.8) is 0 Å². The summed E-state index contributed by atoms with van der Waals surface area (Å²) in [7, 11) is 1.81. The molecule has 1 atom stereocenters. The maximum absolute atomic E-state index is 13.0. The van der Waals surface area contributed by atoms with Crippen LogP contribution < -0.4 is 5.73 Å². The molecule has 2 N–H and O–H groups in total. The highest BCUT2D eigenvalue weighted by atomic mass is 35.5. The highest BCUT2D eigenvalue weighted by Gasteiger charge is 2.30. The summed E-state index contributed by atoms with van der Waals surface area (Å²) in [6.45, 7) is 3.64. The van der Waals surface area contributed by atoms with E-state index in [1.807, 2.05) is 61.3 Å². The van der Waals surface area contributed by atoms with Crippen molar-refractivity contribution >= 4 is 35.0 Å². The Labute approximate surface area is 166 Å².